The van der Waals surface area contributed by atoms with Crippen molar-refractivity contribution in [2.24, 2.45) is 0 Å². The number of sulfone groups is 1. The van der Waals surface area contributed by atoms with Gasteiger partial charge in [0, 0.05) is 35.1 Å². The molecule has 6 heteroatoms. The van der Waals surface area contributed by atoms with E-state index in [1.165, 1.54) is 6.26 Å². The van der Waals surface area contributed by atoms with Crippen molar-refractivity contribution in [3.63, 3.8) is 0 Å². The number of rotatable bonds is 5. The lowest BCUT2D eigenvalue weighted by Gasteiger charge is -2.17. The molecule has 1 N–H and O–H groups in total. The number of benzene rings is 3. The molecule has 3 aromatic carbocycles. The number of nitrogens with one attached hydrogen (secondary N) is 1. The molecule has 4 rings (SSSR count). The van der Waals surface area contributed by atoms with Crippen molar-refractivity contribution in [2.75, 3.05) is 11.6 Å². The van der Waals surface area contributed by atoms with Crippen LogP contribution in [0.5, 0.6) is 0 Å². The first-order valence-electron chi connectivity index (χ1n) is 9.53. The molecule has 30 heavy (non-hydrogen) atoms. The molecule has 0 amide bonds. The molecule has 4 aromatic rings. The molecule has 0 aliphatic heterocycles. The number of fused-ring (bicyclic) bond motifs is 1. The molecule has 1 heterocycles. The van der Waals surface area contributed by atoms with Crippen LogP contribution in [0.2, 0.25) is 5.02 Å². The van der Waals surface area contributed by atoms with Crippen LogP contribution in [0.1, 0.15) is 18.5 Å². The van der Waals surface area contributed by atoms with E-state index in [0.717, 1.165) is 33.3 Å². The van der Waals surface area contributed by atoms with Crippen LogP contribution in [0.3, 0.4) is 0 Å². The molecule has 4 nitrogen and oxygen atoms in total. The van der Waals surface area contributed by atoms with Gasteiger partial charge in [-0.1, -0.05) is 48.0 Å². The Morgan fingerprint density at radius 1 is 0.967 bits per heavy atom. The topological polar surface area (TPSA) is 59.1 Å². The summed E-state index contributed by atoms with van der Waals surface area (Å²) < 4.78 is 23.3. The minimum Gasteiger partial charge on any atom is -0.379 e. The number of anilines is 1. The SMILES string of the molecule is CC(Nc1ccc(Cl)c(-c2nccc3ccccc23)c1)c1ccc(S(C)(=O)=O)cc1. The van der Waals surface area contributed by atoms with Crippen molar-refractivity contribution in [3.8, 4) is 11.3 Å². The highest BCUT2D eigenvalue weighted by Crippen LogP contribution is 2.34. The van der Waals surface area contributed by atoms with Crippen molar-refractivity contribution in [3.05, 3.63) is 89.6 Å². The Bertz CT molecular complexity index is 1310. The fourth-order valence-electron chi connectivity index (χ4n) is 3.47. The maximum Gasteiger partial charge on any atom is 0.175 e. The number of halogens is 1. The van der Waals surface area contributed by atoms with Gasteiger partial charge in [-0.2, -0.15) is 0 Å². The third-order valence-electron chi connectivity index (χ3n) is 5.09. The lowest BCUT2D eigenvalue weighted by molar-refractivity contribution is 0.602. The minimum absolute atomic E-state index is 0.0203. The number of hydrogen-bond acceptors (Lipinski definition) is 4. The summed E-state index contributed by atoms with van der Waals surface area (Å²) in [4.78, 5) is 4.89. The molecular weight excluding hydrogens is 416 g/mol. The minimum atomic E-state index is -3.21. The summed E-state index contributed by atoms with van der Waals surface area (Å²) in [6.07, 6.45) is 3.00. The van der Waals surface area contributed by atoms with Gasteiger partial charge in [-0.15, -0.1) is 0 Å². The molecule has 1 aromatic heterocycles. The van der Waals surface area contributed by atoms with Crippen LogP contribution in [0.15, 0.2) is 83.9 Å². The van der Waals surface area contributed by atoms with Crippen molar-refractivity contribution in [1.82, 2.24) is 4.98 Å². The van der Waals surface area contributed by atoms with Crippen LogP contribution in [0.4, 0.5) is 5.69 Å². The molecule has 0 saturated carbocycles. The Morgan fingerprint density at radius 2 is 1.70 bits per heavy atom. The first-order valence-corrected chi connectivity index (χ1v) is 11.8. The fourth-order valence-corrected chi connectivity index (χ4v) is 4.31. The molecule has 0 radical (unpaired) electrons. The Kier molecular flexibility index (Phi) is 5.50. The highest BCUT2D eigenvalue weighted by Gasteiger charge is 2.13. The van der Waals surface area contributed by atoms with E-state index >= 15 is 0 Å². The number of pyridine rings is 1. The van der Waals surface area contributed by atoms with E-state index in [1.807, 2.05) is 61.5 Å². The second-order valence-electron chi connectivity index (χ2n) is 7.28. The molecule has 0 aliphatic rings. The summed E-state index contributed by atoms with van der Waals surface area (Å²) in [7, 11) is -3.21. The first kappa shape index (κ1) is 20.4. The van der Waals surface area contributed by atoms with Crippen molar-refractivity contribution in [1.29, 1.82) is 0 Å². The van der Waals surface area contributed by atoms with Gasteiger partial charge in [0.2, 0.25) is 0 Å². The zero-order chi connectivity index (χ0) is 21.3. The molecule has 0 bridgehead atoms. The van der Waals surface area contributed by atoms with E-state index in [1.54, 1.807) is 18.3 Å². The second-order valence-corrected chi connectivity index (χ2v) is 9.71. The summed E-state index contributed by atoms with van der Waals surface area (Å²) in [6.45, 7) is 2.03. The quantitative estimate of drug-likeness (QED) is 0.408. The Hall–Kier alpha value is -2.89. The maximum atomic E-state index is 11.7. The number of nitrogens with zero attached hydrogens (tertiary/aromatic N) is 1. The molecular formula is C24H21ClN2O2S. The Labute approximate surface area is 181 Å². The van der Waals surface area contributed by atoms with Crippen LogP contribution >= 0.6 is 11.6 Å². The highest BCUT2D eigenvalue weighted by molar-refractivity contribution is 7.90. The average molecular weight is 437 g/mol. The number of aromatic nitrogens is 1. The molecule has 0 saturated heterocycles. The van der Waals surface area contributed by atoms with Gasteiger partial charge < -0.3 is 5.32 Å². The van der Waals surface area contributed by atoms with Gasteiger partial charge >= 0.3 is 0 Å². The van der Waals surface area contributed by atoms with Gasteiger partial charge in [-0.25, -0.2) is 8.42 Å². The van der Waals surface area contributed by atoms with E-state index < -0.39 is 9.84 Å². The lowest BCUT2D eigenvalue weighted by atomic mass is 10.0. The van der Waals surface area contributed by atoms with Crippen LogP contribution in [-0.2, 0) is 9.84 Å². The van der Waals surface area contributed by atoms with Gasteiger partial charge in [-0.3, -0.25) is 4.98 Å². The molecule has 1 atom stereocenters. The zero-order valence-corrected chi connectivity index (χ0v) is 18.2. The van der Waals surface area contributed by atoms with E-state index in [4.69, 9.17) is 11.6 Å². The summed E-state index contributed by atoms with van der Waals surface area (Å²) in [5.74, 6) is 0. The van der Waals surface area contributed by atoms with E-state index in [2.05, 4.69) is 16.4 Å². The summed E-state index contributed by atoms with van der Waals surface area (Å²) in [5.41, 5.74) is 3.59. The largest absolute Gasteiger partial charge is 0.379 e. The summed E-state index contributed by atoms with van der Waals surface area (Å²) >= 11 is 6.52. The van der Waals surface area contributed by atoms with E-state index in [0.29, 0.717) is 9.92 Å². The maximum absolute atomic E-state index is 11.7. The van der Waals surface area contributed by atoms with Gasteiger partial charge in [0.1, 0.15) is 0 Å². The Balaban J connectivity index is 1.65. The van der Waals surface area contributed by atoms with Gasteiger partial charge in [-0.05, 0) is 54.3 Å². The van der Waals surface area contributed by atoms with E-state index in [9.17, 15) is 8.42 Å². The fraction of sp³-hybridized carbons (Fsp3) is 0.125. The third kappa shape index (κ3) is 4.18. The molecule has 0 fully saturated rings. The summed E-state index contributed by atoms with van der Waals surface area (Å²) in [6, 6.07) is 22.8. The van der Waals surface area contributed by atoms with Gasteiger partial charge in [0.05, 0.1) is 15.6 Å². The molecule has 152 valence electrons. The van der Waals surface area contributed by atoms with Crippen LogP contribution < -0.4 is 5.32 Å². The highest BCUT2D eigenvalue weighted by atomic mass is 35.5. The predicted molar refractivity (Wildman–Crippen MR) is 124 cm³/mol. The van der Waals surface area contributed by atoms with Gasteiger partial charge in [0.15, 0.2) is 9.84 Å². The van der Waals surface area contributed by atoms with Crippen molar-refractivity contribution in [2.45, 2.75) is 17.9 Å². The standard InChI is InChI=1S/C24H21ClN2O2S/c1-16(17-7-10-20(11-8-17)30(2,28)29)27-19-9-12-23(25)22(15-19)24-21-6-4-3-5-18(21)13-14-26-24/h3-16,27H,1-2H3. The average Bonchev–Trinajstić information content (AvgIpc) is 2.74. The monoisotopic (exact) mass is 436 g/mol. The van der Waals surface area contributed by atoms with Crippen LogP contribution in [0.25, 0.3) is 22.0 Å². The Morgan fingerprint density at radius 3 is 2.43 bits per heavy atom. The first-order chi connectivity index (χ1) is 14.3. The summed E-state index contributed by atoms with van der Waals surface area (Å²) in [5, 5.41) is 6.25. The normalized spacial score (nSPS) is 12.6. The van der Waals surface area contributed by atoms with Gasteiger partial charge in [0.25, 0.3) is 0 Å². The second kappa shape index (κ2) is 8.09. The third-order valence-corrected chi connectivity index (χ3v) is 6.54. The predicted octanol–water partition coefficient (Wildman–Crippen LogP) is 6.13. The molecule has 0 spiro atoms. The zero-order valence-electron chi connectivity index (χ0n) is 16.6. The van der Waals surface area contributed by atoms with E-state index in [-0.39, 0.29) is 6.04 Å². The van der Waals surface area contributed by atoms with Crippen LogP contribution in [-0.4, -0.2) is 19.7 Å². The molecule has 0 aliphatic carbocycles. The number of hydrogen-bond donors (Lipinski definition) is 1. The lowest BCUT2D eigenvalue weighted by Crippen LogP contribution is -2.07. The smallest absolute Gasteiger partial charge is 0.175 e. The molecule has 1 unspecified atom stereocenters. The van der Waals surface area contributed by atoms with Crippen molar-refractivity contribution >= 4 is 37.9 Å². The van der Waals surface area contributed by atoms with Crippen LogP contribution in [0, 0.1) is 0 Å². The van der Waals surface area contributed by atoms with Crippen molar-refractivity contribution < 1.29 is 8.42 Å².